The lowest BCUT2D eigenvalue weighted by Crippen LogP contribution is -2.30. The Balaban J connectivity index is 1.57. The number of rotatable bonds is 6. The van der Waals surface area contributed by atoms with E-state index < -0.39 is 23.9 Å². The first-order chi connectivity index (χ1) is 16.2. The Morgan fingerprint density at radius 1 is 1.12 bits per heavy atom. The van der Waals surface area contributed by atoms with Crippen molar-refractivity contribution in [1.29, 1.82) is 0 Å². The van der Waals surface area contributed by atoms with Crippen LogP contribution >= 0.6 is 0 Å². The highest BCUT2D eigenvalue weighted by Gasteiger charge is 2.34. The second-order valence-corrected chi connectivity index (χ2v) is 7.65. The number of aromatic nitrogens is 1. The highest BCUT2D eigenvalue weighted by molar-refractivity contribution is 6.14. The van der Waals surface area contributed by atoms with Crippen LogP contribution in [0.2, 0.25) is 0 Å². The van der Waals surface area contributed by atoms with Gasteiger partial charge in [0, 0.05) is 17.1 Å². The summed E-state index contributed by atoms with van der Waals surface area (Å²) in [6.45, 7) is 3.60. The Hall–Kier alpha value is -4.60. The predicted molar refractivity (Wildman–Crippen MR) is 119 cm³/mol. The summed E-state index contributed by atoms with van der Waals surface area (Å²) in [6.07, 6.45) is 1.59. The summed E-state index contributed by atoms with van der Waals surface area (Å²) >= 11 is 0. The third kappa shape index (κ3) is 4.08. The Bertz CT molecular complexity index is 1350. The van der Waals surface area contributed by atoms with Crippen LogP contribution in [0.3, 0.4) is 0 Å². The fourth-order valence-corrected chi connectivity index (χ4v) is 3.78. The second kappa shape index (κ2) is 8.74. The van der Waals surface area contributed by atoms with Gasteiger partial charge in [0.05, 0.1) is 19.2 Å². The van der Waals surface area contributed by atoms with E-state index in [1.54, 1.807) is 18.2 Å². The Labute approximate surface area is 194 Å². The average molecular weight is 463 g/mol. The molecule has 1 saturated heterocycles. The number of benzene rings is 1. The molecule has 3 aromatic rings. The number of urea groups is 1. The van der Waals surface area contributed by atoms with E-state index in [9.17, 15) is 19.2 Å². The topological polar surface area (TPSA) is 131 Å². The van der Waals surface area contributed by atoms with E-state index in [1.807, 2.05) is 24.5 Å². The molecule has 4 rings (SSSR count). The van der Waals surface area contributed by atoms with Crippen molar-refractivity contribution in [3.05, 3.63) is 82.2 Å². The monoisotopic (exact) mass is 463 g/mol. The number of aromatic carboxylic acids is 1. The van der Waals surface area contributed by atoms with E-state index in [0.717, 1.165) is 27.5 Å². The van der Waals surface area contributed by atoms with Gasteiger partial charge in [0.15, 0.2) is 0 Å². The van der Waals surface area contributed by atoms with Gasteiger partial charge < -0.3 is 24.1 Å². The number of hydrogen-bond donors (Lipinski definition) is 2. The molecule has 3 amide bonds. The molecule has 0 saturated carbocycles. The molecule has 0 bridgehead atoms. The highest BCUT2D eigenvalue weighted by atomic mass is 16.5. The maximum atomic E-state index is 12.9. The van der Waals surface area contributed by atoms with Crippen LogP contribution in [0, 0.1) is 13.8 Å². The predicted octanol–water partition coefficient (Wildman–Crippen LogP) is 3.26. The number of nitrogens with one attached hydrogen (secondary N) is 1. The Kier molecular flexibility index (Phi) is 5.80. The molecule has 2 N–H and O–H groups in total. The minimum absolute atomic E-state index is 0.0239. The summed E-state index contributed by atoms with van der Waals surface area (Å²) in [4.78, 5) is 48.9. The number of furan rings is 1. The summed E-state index contributed by atoms with van der Waals surface area (Å²) in [5.41, 5.74) is 3.45. The largest absolute Gasteiger partial charge is 0.478 e. The molecule has 0 radical (unpaired) electrons. The van der Waals surface area contributed by atoms with Gasteiger partial charge in [-0.1, -0.05) is 0 Å². The molecule has 10 heteroatoms. The number of carbonyl (C=O) groups is 4. The number of amides is 3. The number of hydrogen-bond acceptors (Lipinski definition) is 6. The first kappa shape index (κ1) is 22.6. The van der Waals surface area contributed by atoms with Gasteiger partial charge in [0.2, 0.25) is 5.76 Å². The van der Waals surface area contributed by atoms with Crippen LogP contribution in [0.25, 0.3) is 11.8 Å². The zero-order chi connectivity index (χ0) is 24.6. The number of ether oxygens (including phenoxy) is 1. The van der Waals surface area contributed by atoms with Crippen LogP contribution in [0.15, 0.2) is 52.6 Å². The van der Waals surface area contributed by atoms with Crippen molar-refractivity contribution in [1.82, 2.24) is 14.8 Å². The van der Waals surface area contributed by atoms with E-state index in [1.165, 1.54) is 31.4 Å². The minimum Gasteiger partial charge on any atom is -0.478 e. The smallest absolute Gasteiger partial charge is 0.373 e. The number of carbonyl (C=O) groups excluding carboxylic acids is 3. The lowest BCUT2D eigenvalue weighted by atomic mass is 10.2. The maximum absolute atomic E-state index is 12.9. The number of imide groups is 1. The van der Waals surface area contributed by atoms with E-state index in [4.69, 9.17) is 9.52 Å². The van der Waals surface area contributed by atoms with Crippen LogP contribution < -0.4 is 5.32 Å². The van der Waals surface area contributed by atoms with Gasteiger partial charge in [-0.3, -0.25) is 9.69 Å². The number of aryl methyl sites for hydroxylation is 1. The molecular weight excluding hydrogens is 442 g/mol. The normalized spacial score (nSPS) is 14.6. The number of carboxylic acid groups (broad SMARTS) is 1. The van der Waals surface area contributed by atoms with E-state index in [2.05, 4.69) is 10.1 Å². The van der Waals surface area contributed by atoms with Gasteiger partial charge >= 0.3 is 18.0 Å². The van der Waals surface area contributed by atoms with Gasteiger partial charge in [0.1, 0.15) is 11.5 Å². The van der Waals surface area contributed by atoms with E-state index in [0.29, 0.717) is 0 Å². The lowest BCUT2D eigenvalue weighted by molar-refractivity contribution is -0.123. The second-order valence-electron chi connectivity index (χ2n) is 7.65. The molecule has 1 aromatic carbocycles. The van der Waals surface area contributed by atoms with Crippen molar-refractivity contribution in [3.63, 3.8) is 0 Å². The van der Waals surface area contributed by atoms with Crippen LogP contribution in [0.4, 0.5) is 4.79 Å². The summed E-state index contributed by atoms with van der Waals surface area (Å²) in [5, 5.41) is 11.7. The number of carboxylic acids is 1. The van der Waals surface area contributed by atoms with Gasteiger partial charge in [-0.2, -0.15) is 0 Å². The quantitative estimate of drug-likeness (QED) is 0.326. The SMILES string of the molecule is COC(=O)c1ccc(CN2C(=O)NC(=Cc3cc(C)n(-c4ccc(C(=O)O)cc4)c3C)C2=O)o1. The zero-order valence-electron chi connectivity index (χ0n) is 18.6. The standard InChI is InChI=1S/C24H21N3O7/c1-13-10-16(14(2)27(13)17-6-4-15(5-7-17)22(29)30)11-19-21(28)26(24(32)25-19)12-18-8-9-20(34-18)23(31)33-3/h4-11H,12H2,1-3H3,(H,25,32)(H,29,30). The number of methoxy groups -OCH3 is 1. The fourth-order valence-electron chi connectivity index (χ4n) is 3.78. The third-order valence-corrected chi connectivity index (χ3v) is 5.47. The van der Waals surface area contributed by atoms with Gasteiger partial charge in [0.25, 0.3) is 5.91 Å². The summed E-state index contributed by atoms with van der Waals surface area (Å²) in [7, 11) is 1.22. The molecule has 0 unspecified atom stereocenters. The molecule has 34 heavy (non-hydrogen) atoms. The van der Waals surface area contributed by atoms with Crippen LogP contribution in [-0.2, 0) is 16.1 Å². The molecule has 10 nitrogen and oxygen atoms in total. The number of esters is 1. The summed E-state index contributed by atoms with van der Waals surface area (Å²) in [6, 6.07) is 10.6. The average Bonchev–Trinajstić information content (AvgIpc) is 3.47. The molecule has 0 aliphatic carbocycles. The van der Waals surface area contributed by atoms with Crippen molar-refractivity contribution in [3.8, 4) is 5.69 Å². The first-order valence-corrected chi connectivity index (χ1v) is 10.2. The number of nitrogens with zero attached hydrogens (tertiary/aromatic N) is 2. The molecule has 1 aliphatic rings. The Morgan fingerprint density at radius 3 is 2.47 bits per heavy atom. The van der Waals surface area contributed by atoms with Crippen LogP contribution in [0.5, 0.6) is 0 Å². The lowest BCUT2D eigenvalue weighted by Gasteiger charge is -2.10. The summed E-state index contributed by atoms with van der Waals surface area (Å²) in [5.74, 6) is -1.96. The molecule has 0 spiro atoms. The summed E-state index contributed by atoms with van der Waals surface area (Å²) < 4.78 is 11.9. The minimum atomic E-state index is -1.01. The van der Waals surface area contributed by atoms with Crippen molar-refractivity contribution >= 4 is 30.0 Å². The maximum Gasteiger partial charge on any atom is 0.373 e. The van der Waals surface area contributed by atoms with Gasteiger partial charge in [-0.15, -0.1) is 0 Å². The third-order valence-electron chi connectivity index (χ3n) is 5.47. The van der Waals surface area contributed by atoms with Crippen molar-refractivity contribution in [2.45, 2.75) is 20.4 Å². The molecule has 2 aromatic heterocycles. The van der Waals surface area contributed by atoms with Crippen molar-refractivity contribution in [2.75, 3.05) is 7.11 Å². The first-order valence-electron chi connectivity index (χ1n) is 10.2. The molecule has 1 aliphatic heterocycles. The zero-order valence-corrected chi connectivity index (χ0v) is 18.6. The molecule has 1 fully saturated rings. The molecule has 0 atom stereocenters. The van der Waals surface area contributed by atoms with Crippen LogP contribution in [0.1, 0.15) is 43.6 Å². The van der Waals surface area contributed by atoms with Crippen molar-refractivity contribution in [2.24, 2.45) is 0 Å². The fraction of sp³-hybridized carbons (Fsp3) is 0.167. The van der Waals surface area contributed by atoms with Crippen molar-refractivity contribution < 1.29 is 33.4 Å². The van der Waals surface area contributed by atoms with Gasteiger partial charge in [-0.05, 0) is 68.0 Å². The van der Waals surface area contributed by atoms with E-state index >= 15 is 0 Å². The highest BCUT2D eigenvalue weighted by Crippen LogP contribution is 2.25. The van der Waals surface area contributed by atoms with Gasteiger partial charge in [-0.25, -0.2) is 14.4 Å². The molecule has 174 valence electrons. The molecule has 3 heterocycles. The van der Waals surface area contributed by atoms with Crippen LogP contribution in [-0.4, -0.2) is 45.6 Å². The van der Waals surface area contributed by atoms with E-state index in [-0.39, 0.29) is 29.3 Å². The molecular formula is C24H21N3O7. The Morgan fingerprint density at radius 2 is 1.82 bits per heavy atom.